The number of hydrogen-bond acceptors (Lipinski definition) is 5. The number of nitrogens with one attached hydrogen (secondary N) is 1. The van der Waals surface area contributed by atoms with Gasteiger partial charge in [-0.25, -0.2) is 4.98 Å². The predicted molar refractivity (Wildman–Crippen MR) is 107 cm³/mol. The molecule has 2 aromatic carbocycles. The summed E-state index contributed by atoms with van der Waals surface area (Å²) >= 11 is 0. The lowest BCUT2D eigenvalue weighted by Crippen LogP contribution is -2.26. The lowest BCUT2D eigenvalue weighted by molar-refractivity contribution is 0.0954. The van der Waals surface area contributed by atoms with E-state index in [0.29, 0.717) is 35.3 Å². The number of ether oxygens (including phenoxy) is 2. The molecule has 146 valence electrons. The minimum absolute atomic E-state index is 0.141. The Balaban J connectivity index is 1.72. The third-order valence-corrected chi connectivity index (χ3v) is 4.68. The fraction of sp³-hybridized carbons (Fsp3) is 0.286. The van der Waals surface area contributed by atoms with Gasteiger partial charge in [0.05, 0.1) is 25.3 Å². The van der Waals surface area contributed by atoms with Gasteiger partial charge >= 0.3 is 0 Å². The van der Waals surface area contributed by atoms with Crippen molar-refractivity contribution in [1.82, 2.24) is 14.9 Å². The fourth-order valence-electron chi connectivity index (χ4n) is 3.09. The monoisotopic (exact) mass is 381 g/mol. The summed E-state index contributed by atoms with van der Waals surface area (Å²) in [5.74, 6) is 1.25. The van der Waals surface area contributed by atoms with E-state index in [1.165, 1.54) is 4.57 Å². The highest BCUT2D eigenvalue weighted by Gasteiger charge is 2.11. The van der Waals surface area contributed by atoms with E-state index in [1.54, 1.807) is 46.4 Å². The number of methoxy groups -OCH3 is 2. The van der Waals surface area contributed by atoms with E-state index in [9.17, 15) is 9.59 Å². The molecule has 7 nitrogen and oxygen atoms in total. The zero-order valence-electron chi connectivity index (χ0n) is 16.4. The first kappa shape index (κ1) is 19.4. The van der Waals surface area contributed by atoms with Crippen LogP contribution in [0.4, 0.5) is 0 Å². The molecule has 0 aliphatic carbocycles. The Morgan fingerprint density at radius 1 is 1.14 bits per heavy atom. The summed E-state index contributed by atoms with van der Waals surface area (Å²) in [4.78, 5) is 28.8. The average Bonchev–Trinajstić information content (AvgIpc) is 2.71. The van der Waals surface area contributed by atoms with Crippen LogP contribution in [0.3, 0.4) is 0 Å². The van der Waals surface area contributed by atoms with Crippen molar-refractivity contribution in [2.24, 2.45) is 7.05 Å². The van der Waals surface area contributed by atoms with E-state index in [0.717, 1.165) is 17.1 Å². The molecule has 7 heteroatoms. The molecule has 1 aromatic heterocycles. The van der Waals surface area contributed by atoms with Crippen molar-refractivity contribution < 1.29 is 14.3 Å². The number of carbonyl (C=O) groups is 1. The van der Waals surface area contributed by atoms with Gasteiger partial charge in [0.1, 0.15) is 17.2 Å². The van der Waals surface area contributed by atoms with E-state index >= 15 is 0 Å². The molecule has 0 saturated heterocycles. The molecule has 0 aliphatic rings. The van der Waals surface area contributed by atoms with Crippen molar-refractivity contribution in [3.05, 3.63) is 63.6 Å². The summed E-state index contributed by atoms with van der Waals surface area (Å²) in [7, 11) is 4.90. The summed E-state index contributed by atoms with van der Waals surface area (Å²) in [5.41, 5.74) is 3.05. The van der Waals surface area contributed by atoms with Gasteiger partial charge in [-0.1, -0.05) is 6.07 Å². The van der Waals surface area contributed by atoms with Gasteiger partial charge in [0.25, 0.3) is 11.5 Å². The van der Waals surface area contributed by atoms with Gasteiger partial charge in [-0.15, -0.1) is 0 Å². The van der Waals surface area contributed by atoms with Crippen LogP contribution in [0.5, 0.6) is 11.5 Å². The second-order valence-corrected chi connectivity index (χ2v) is 6.45. The molecule has 0 spiro atoms. The summed E-state index contributed by atoms with van der Waals surface area (Å²) in [6.45, 7) is 2.12. The third-order valence-electron chi connectivity index (χ3n) is 4.68. The highest BCUT2D eigenvalue weighted by Crippen LogP contribution is 2.24. The number of carbonyl (C=O) groups excluding carboxylic acids is 1. The first-order valence-corrected chi connectivity index (χ1v) is 8.91. The smallest absolute Gasteiger partial charge is 0.272 e. The van der Waals surface area contributed by atoms with Crippen LogP contribution in [0.2, 0.25) is 0 Å². The quantitative estimate of drug-likeness (QED) is 0.708. The zero-order chi connectivity index (χ0) is 20.3. The summed E-state index contributed by atoms with van der Waals surface area (Å²) < 4.78 is 12.1. The highest BCUT2D eigenvalue weighted by molar-refractivity contribution is 5.97. The molecule has 0 bridgehead atoms. The maximum absolute atomic E-state index is 12.5. The first-order chi connectivity index (χ1) is 13.4. The fourth-order valence-corrected chi connectivity index (χ4v) is 3.09. The SMILES string of the molecule is COc1ccc(CCNC(=O)c2ccc3c(c2)nc(C)c(=O)n3C)c(OC)c1. The number of aromatic nitrogens is 2. The number of rotatable bonds is 6. The molecule has 28 heavy (non-hydrogen) atoms. The molecule has 0 aliphatic heterocycles. The molecular weight excluding hydrogens is 358 g/mol. The molecule has 3 rings (SSSR count). The Morgan fingerprint density at radius 2 is 1.93 bits per heavy atom. The molecule has 0 atom stereocenters. The second-order valence-electron chi connectivity index (χ2n) is 6.45. The van der Waals surface area contributed by atoms with Crippen molar-refractivity contribution in [2.45, 2.75) is 13.3 Å². The number of fused-ring (bicyclic) bond motifs is 1. The average molecular weight is 381 g/mol. The van der Waals surface area contributed by atoms with Gasteiger partial charge in [0.15, 0.2) is 0 Å². The van der Waals surface area contributed by atoms with Crippen molar-refractivity contribution in [1.29, 1.82) is 0 Å². The van der Waals surface area contributed by atoms with Gasteiger partial charge in [0.2, 0.25) is 0 Å². The Bertz CT molecular complexity index is 1090. The molecule has 1 amide bonds. The van der Waals surface area contributed by atoms with Gasteiger partial charge in [-0.3, -0.25) is 9.59 Å². The van der Waals surface area contributed by atoms with E-state index in [2.05, 4.69) is 10.3 Å². The third kappa shape index (κ3) is 3.83. The maximum Gasteiger partial charge on any atom is 0.272 e. The van der Waals surface area contributed by atoms with Crippen LogP contribution in [0.15, 0.2) is 41.2 Å². The topological polar surface area (TPSA) is 82.5 Å². The first-order valence-electron chi connectivity index (χ1n) is 8.91. The minimum Gasteiger partial charge on any atom is -0.497 e. The van der Waals surface area contributed by atoms with E-state index in [-0.39, 0.29) is 11.5 Å². The van der Waals surface area contributed by atoms with Crippen LogP contribution in [-0.2, 0) is 13.5 Å². The molecule has 0 unspecified atom stereocenters. The Kier molecular flexibility index (Phi) is 5.63. The van der Waals surface area contributed by atoms with E-state index < -0.39 is 0 Å². The van der Waals surface area contributed by atoms with E-state index in [1.807, 2.05) is 18.2 Å². The number of hydrogen-bond donors (Lipinski definition) is 1. The highest BCUT2D eigenvalue weighted by atomic mass is 16.5. The van der Waals surface area contributed by atoms with Crippen molar-refractivity contribution in [3.63, 3.8) is 0 Å². The molecule has 1 heterocycles. The number of amides is 1. The molecule has 1 N–H and O–H groups in total. The molecular formula is C21H23N3O4. The van der Waals surface area contributed by atoms with Crippen molar-refractivity contribution in [2.75, 3.05) is 20.8 Å². The minimum atomic E-state index is -0.192. The lowest BCUT2D eigenvalue weighted by atomic mass is 10.1. The number of aryl methyl sites for hydroxylation is 2. The Labute approximate surface area is 162 Å². The van der Waals surface area contributed by atoms with Gasteiger partial charge in [-0.05, 0) is 43.2 Å². The second kappa shape index (κ2) is 8.12. The van der Waals surface area contributed by atoms with Gasteiger partial charge in [0, 0.05) is 25.2 Å². The number of nitrogens with zero attached hydrogens (tertiary/aromatic N) is 2. The Hall–Kier alpha value is -3.35. The van der Waals surface area contributed by atoms with Crippen LogP contribution >= 0.6 is 0 Å². The van der Waals surface area contributed by atoms with Crippen LogP contribution in [-0.4, -0.2) is 36.2 Å². The molecule has 0 saturated carbocycles. The predicted octanol–water partition coefficient (Wildman–Crippen LogP) is 2.23. The Morgan fingerprint density at radius 3 is 2.64 bits per heavy atom. The van der Waals surface area contributed by atoms with Crippen LogP contribution in [0.25, 0.3) is 11.0 Å². The normalized spacial score (nSPS) is 10.7. The number of benzene rings is 2. The van der Waals surface area contributed by atoms with Crippen LogP contribution in [0.1, 0.15) is 21.6 Å². The summed E-state index contributed by atoms with van der Waals surface area (Å²) in [6, 6.07) is 10.7. The summed E-state index contributed by atoms with van der Waals surface area (Å²) in [5, 5.41) is 2.91. The molecule has 0 fully saturated rings. The summed E-state index contributed by atoms with van der Waals surface area (Å²) in [6.07, 6.45) is 0.623. The van der Waals surface area contributed by atoms with Crippen molar-refractivity contribution >= 4 is 16.9 Å². The van der Waals surface area contributed by atoms with Crippen LogP contribution < -0.4 is 20.3 Å². The largest absolute Gasteiger partial charge is 0.497 e. The maximum atomic E-state index is 12.5. The van der Waals surface area contributed by atoms with Gasteiger partial charge in [-0.2, -0.15) is 0 Å². The standard InChI is InChI=1S/C21H23N3O4/c1-13-21(26)24(2)18-8-6-15(11-17(18)23-13)20(25)22-10-9-14-5-7-16(27-3)12-19(14)28-4/h5-8,11-12H,9-10H2,1-4H3,(H,22,25). The molecule has 0 radical (unpaired) electrons. The van der Waals surface area contributed by atoms with Gasteiger partial charge < -0.3 is 19.4 Å². The zero-order valence-corrected chi connectivity index (χ0v) is 16.4. The van der Waals surface area contributed by atoms with E-state index in [4.69, 9.17) is 9.47 Å². The molecule has 3 aromatic rings. The lowest BCUT2D eigenvalue weighted by Gasteiger charge is -2.11. The van der Waals surface area contributed by atoms with Crippen molar-refractivity contribution in [3.8, 4) is 11.5 Å². The van der Waals surface area contributed by atoms with Crippen LogP contribution in [0, 0.1) is 6.92 Å².